The van der Waals surface area contributed by atoms with E-state index >= 15 is 0 Å². The van der Waals surface area contributed by atoms with Crippen molar-refractivity contribution in [2.24, 2.45) is 21.8 Å². The number of hydrazone groups is 1. The summed E-state index contributed by atoms with van der Waals surface area (Å²) in [6.45, 7) is 4.50. The third-order valence-corrected chi connectivity index (χ3v) is 12.8. The molecule has 0 unspecified atom stereocenters. The number of nitro groups is 4. The fourth-order valence-corrected chi connectivity index (χ4v) is 10.0. The molecular formula is C44H44N8O11S. The van der Waals surface area contributed by atoms with Gasteiger partial charge in [-0.25, -0.2) is 0 Å². The van der Waals surface area contributed by atoms with E-state index in [1.54, 1.807) is 0 Å². The highest BCUT2D eigenvalue weighted by Gasteiger charge is 2.66. The number of anilines is 2. The smallest absolute Gasteiger partial charge is 0.301 e. The summed E-state index contributed by atoms with van der Waals surface area (Å²) in [6, 6.07) is 21.8. The number of ketones is 1. The molecule has 4 aromatic rings. The van der Waals surface area contributed by atoms with Gasteiger partial charge in [-0.15, -0.1) is 0 Å². The van der Waals surface area contributed by atoms with Crippen molar-refractivity contribution < 1.29 is 34.0 Å². The van der Waals surface area contributed by atoms with Gasteiger partial charge in [0.25, 0.3) is 11.4 Å². The lowest BCUT2D eigenvalue weighted by Gasteiger charge is -2.56. The molecule has 0 bridgehead atoms. The maximum Gasteiger partial charge on any atom is 0.301 e. The van der Waals surface area contributed by atoms with E-state index < -0.39 is 42.3 Å². The van der Waals surface area contributed by atoms with Crippen molar-refractivity contribution in [1.29, 1.82) is 0 Å². The second-order valence-corrected chi connectivity index (χ2v) is 16.8. The Morgan fingerprint density at radius 1 is 0.641 bits per heavy atom. The van der Waals surface area contributed by atoms with Crippen molar-refractivity contribution >= 4 is 59.1 Å². The van der Waals surface area contributed by atoms with E-state index in [4.69, 9.17) is 15.3 Å². The molecule has 2 spiro atoms. The van der Waals surface area contributed by atoms with Crippen LogP contribution in [0.25, 0.3) is 0 Å². The van der Waals surface area contributed by atoms with Crippen LogP contribution in [-0.2, 0) is 0 Å². The molecule has 4 aromatic carbocycles. The van der Waals surface area contributed by atoms with Crippen molar-refractivity contribution in [3.05, 3.63) is 160 Å². The summed E-state index contributed by atoms with van der Waals surface area (Å²) in [5.74, 6) is 6.65. The van der Waals surface area contributed by atoms with Gasteiger partial charge in [0.1, 0.15) is 28.6 Å². The maximum atomic E-state index is 12.6. The fourth-order valence-electron chi connectivity index (χ4n) is 10.0. The molecular weight excluding hydrogens is 849 g/mol. The first-order chi connectivity index (χ1) is 30.1. The number of para-hydroxylation sites is 2. The van der Waals surface area contributed by atoms with Crippen molar-refractivity contribution in [2.75, 3.05) is 10.9 Å². The average Bonchev–Trinajstić information content (AvgIpc) is 3.74. The van der Waals surface area contributed by atoms with Crippen LogP contribution in [0.5, 0.6) is 11.5 Å². The van der Waals surface area contributed by atoms with Crippen molar-refractivity contribution in [3.8, 4) is 11.5 Å². The quantitative estimate of drug-likeness (QED) is 0.0675. The van der Waals surface area contributed by atoms with Gasteiger partial charge in [0.05, 0.1) is 37.4 Å². The number of carbonyl (C=O) groups excluding carboxylic acids is 1. The Hall–Kier alpha value is -7.19. The summed E-state index contributed by atoms with van der Waals surface area (Å²) in [5.41, 5.74) is 7.13. The van der Waals surface area contributed by atoms with Gasteiger partial charge in [-0.3, -0.25) is 56.5 Å². The summed E-state index contributed by atoms with van der Waals surface area (Å²) < 4.78 is 12.5. The number of fused-ring (bicyclic) bond motifs is 6. The molecule has 0 saturated heterocycles. The Balaban J connectivity index is 0.000000157. The van der Waals surface area contributed by atoms with Gasteiger partial charge in [-0.1, -0.05) is 50.3 Å². The molecule has 20 heteroatoms. The number of carbonyl (C=O) groups is 1. The summed E-state index contributed by atoms with van der Waals surface area (Å²) in [5, 5.41) is 47.8. The predicted molar refractivity (Wildman–Crippen MR) is 241 cm³/mol. The number of benzene rings is 4. The van der Waals surface area contributed by atoms with Crippen molar-refractivity contribution in [2.45, 2.75) is 76.4 Å². The normalized spacial score (nSPS) is 25.4. The minimum absolute atomic E-state index is 0. The van der Waals surface area contributed by atoms with Gasteiger partial charge in [0, 0.05) is 30.5 Å². The van der Waals surface area contributed by atoms with E-state index in [1.165, 1.54) is 42.2 Å². The van der Waals surface area contributed by atoms with Crippen molar-refractivity contribution in [1.82, 2.24) is 0 Å². The molecule has 332 valence electrons. The van der Waals surface area contributed by atoms with Gasteiger partial charge in [-0.05, 0) is 96.9 Å². The Labute approximate surface area is 372 Å². The van der Waals surface area contributed by atoms with Crippen LogP contribution >= 0.6 is 13.5 Å². The molecule has 2 fully saturated rings. The highest BCUT2D eigenvalue weighted by atomic mass is 32.1. The molecule has 0 radical (unpaired) electrons. The van der Waals surface area contributed by atoms with E-state index in [2.05, 4.69) is 42.0 Å². The number of nitrogens with zero attached hydrogens (tertiary/aromatic N) is 5. The molecule has 10 rings (SSSR count). The number of nitrogens with two attached hydrogens (primary N) is 1. The largest absolute Gasteiger partial charge is 0.476 e. The zero-order chi connectivity index (χ0) is 44.9. The number of rotatable bonds is 7. The molecule has 19 nitrogen and oxygen atoms in total. The van der Waals surface area contributed by atoms with E-state index in [0.29, 0.717) is 5.71 Å². The number of Topliss-reactive ketones (excluding diaryl/α,β-unsaturated/α-hetero) is 1. The number of allylic oxidation sites excluding steroid dienone is 2. The zero-order valence-corrected chi connectivity index (χ0v) is 35.7. The molecule has 0 amide bonds. The van der Waals surface area contributed by atoms with Gasteiger partial charge >= 0.3 is 11.4 Å². The minimum atomic E-state index is -0.748. The van der Waals surface area contributed by atoms with Gasteiger partial charge in [-0.2, -0.15) is 18.6 Å². The maximum absolute atomic E-state index is 12.6. The molecule has 0 aromatic heterocycles. The lowest BCUT2D eigenvalue weighted by atomic mass is 9.51. The van der Waals surface area contributed by atoms with E-state index in [1.807, 2.05) is 48.5 Å². The SMILES string of the molecule is C[C@@]12CCCC=C1[C@@]1(C2)Oc2ccccc2/C1=N\Nc1ccc([N+](=O)[O-])cc1[N+](=O)[O-].C[C@@]12CCCC=C1[C@@]1(C2)Oc2ccccc2C1=O.NNc1ccc([N+](=O)[O-])cc1[N+](=O)[O-].S. The zero-order valence-electron chi connectivity index (χ0n) is 34.7. The number of hydrogen-bond acceptors (Lipinski definition) is 15. The van der Waals surface area contributed by atoms with Gasteiger partial charge in [0.15, 0.2) is 11.2 Å². The number of hydrazine groups is 1. The molecule has 6 aliphatic rings. The Morgan fingerprint density at radius 2 is 1.11 bits per heavy atom. The third kappa shape index (κ3) is 7.46. The number of hydrogen-bond donors (Lipinski definition) is 3. The van der Waals surface area contributed by atoms with Gasteiger partial charge in [0.2, 0.25) is 5.78 Å². The molecule has 2 saturated carbocycles. The molecule has 4 aliphatic carbocycles. The first kappa shape index (κ1) is 44.9. The predicted octanol–water partition coefficient (Wildman–Crippen LogP) is 9.39. The van der Waals surface area contributed by atoms with Crippen molar-refractivity contribution in [3.63, 3.8) is 0 Å². The van der Waals surface area contributed by atoms with Crippen LogP contribution in [0.3, 0.4) is 0 Å². The lowest BCUT2D eigenvalue weighted by molar-refractivity contribution is -0.393. The van der Waals surface area contributed by atoms with Crippen LogP contribution in [0.4, 0.5) is 34.1 Å². The number of nitrogens with one attached hydrogen (secondary N) is 2. The van der Waals surface area contributed by atoms with E-state index in [0.717, 1.165) is 79.3 Å². The molecule has 4 N–H and O–H groups in total. The molecule has 4 atom stereocenters. The first-order valence-electron chi connectivity index (χ1n) is 20.3. The van der Waals surface area contributed by atoms with E-state index in [-0.39, 0.29) is 52.9 Å². The standard InChI is InChI=1S/C22H20N4O5.C16H16O2.C6H6N4O4.H2S/c1-21-11-5-4-8-19(21)22(13-21)20(15-6-2-3-7-18(15)31-22)24-23-16-10-9-14(25(27)28)12-17(16)26(29)30;1-15-9-5-4-8-13(15)16(10-15)14(17)11-6-2-3-7-12(11)18-16;7-8-5-2-1-4(9(11)12)3-6(5)10(13)14;/h2-3,6-10,12,23H,4-5,11,13H2,1H3;2-3,6-8H,4-5,9-10H2,1H3;1-3,8H,7H2;1H2/b24-20+;;;/t21-,22+;15-,16+;;/m00../s1. The summed E-state index contributed by atoms with van der Waals surface area (Å²) in [6.07, 6.45) is 12.8. The number of ether oxygens (including phenoxy) is 2. The lowest BCUT2D eigenvalue weighted by Crippen LogP contribution is -2.60. The molecule has 2 aliphatic heterocycles. The first-order valence-corrected chi connectivity index (χ1v) is 20.3. The molecule has 2 heterocycles. The third-order valence-electron chi connectivity index (χ3n) is 12.8. The monoisotopic (exact) mass is 892 g/mol. The highest BCUT2D eigenvalue weighted by Crippen LogP contribution is 2.64. The summed E-state index contributed by atoms with van der Waals surface area (Å²) in [4.78, 5) is 53.1. The van der Waals surface area contributed by atoms with E-state index in [9.17, 15) is 45.3 Å². The highest BCUT2D eigenvalue weighted by molar-refractivity contribution is 7.59. The van der Waals surface area contributed by atoms with Crippen LogP contribution in [0.1, 0.15) is 81.1 Å². The average molecular weight is 893 g/mol. The Morgan fingerprint density at radius 3 is 1.62 bits per heavy atom. The topological polar surface area (TPSA) is 271 Å². The number of nitro benzene ring substituents is 4. The second kappa shape index (κ2) is 16.8. The summed E-state index contributed by atoms with van der Waals surface area (Å²) in [7, 11) is 0. The van der Waals surface area contributed by atoms with Crippen LogP contribution in [0, 0.1) is 51.3 Å². The Bertz CT molecular complexity index is 2730. The second-order valence-electron chi connectivity index (χ2n) is 16.8. The van der Waals surface area contributed by atoms with Gasteiger partial charge < -0.3 is 14.9 Å². The van der Waals surface area contributed by atoms with Crippen LogP contribution in [-0.4, -0.2) is 42.4 Å². The number of non-ortho nitro benzene ring substituents is 2. The number of nitrogen functional groups attached to an aromatic ring is 1. The Kier molecular flexibility index (Phi) is 11.8. The molecule has 64 heavy (non-hydrogen) atoms. The van der Waals surface area contributed by atoms with Crippen LogP contribution in [0.15, 0.2) is 113 Å². The van der Waals surface area contributed by atoms with Crippen LogP contribution < -0.4 is 26.2 Å². The fraction of sp³-hybridized carbons (Fsp3) is 0.318. The summed E-state index contributed by atoms with van der Waals surface area (Å²) >= 11 is 0. The van der Waals surface area contributed by atoms with Crippen LogP contribution in [0.2, 0.25) is 0 Å². The minimum Gasteiger partial charge on any atom is -0.476 e.